The van der Waals surface area contributed by atoms with Crippen LogP contribution in [0.5, 0.6) is 0 Å². The van der Waals surface area contributed by atoms with Gasteiger partial charge in [-0.2, -0.15) is 0 Å². The van der Waals surface area contributed by atoms with Crippen molar-refractivity contribution in [3.8, 4) is 0 Å². The lowest BCUT2D eigenvalue weighted by molar-refractivity contribution is 0.0644. The molecule has 3 nitrogen and oxygen atoms in total. The van der Waals surface area contributed by atoms with Crippen molar-refractivity contribution in [1.29, 1.82) is 0 Å². The maximum Gasteiger partial charge on any atom is 0.0813 e. The van der Waals surface area contributed by atoms with Crippen molar-refractivity contribution in [2.45, 2.75) is 32.0 Å². The second kappa shape index (κ2) is 7.39. The molecule has 0 amide bonds. The van der Waals surface area contributed by atoms with Crippen LogP contribution in [-0.4, -0.2) is 42.4 Å². The average molecular weight is 328 g/mol. The van der Waals surface area contributed by atoms with Crippen LogP contribution in [0.15, 0.2) is 28.7 Å². The van der Waals surface area contributed by atoms with E-state index in [0.717, 1.165) is 49.1 Å². The second-order valence-corrected chi connectivity index (χ2v) is 6.02. The highest BCUT2D eigenvalue weighted by atomic mass is 79.9. The van der Waals surface area contributed by atoms with Gasteiger partial charge in [-0.05, 0) is 31.4 Å². The SMILES string of the molecule is CC1CN(CCC(O)c2ccccc2Br)CCCO1. The van der Waals surface area contributed by atoms with E-state index in [1.807, 2.05) is 24.3 Å². The van der Waals surface area contributed by atoms with Crippen LogP contribution in [0, 0.1) is 0 Å². The maximum absolute atomic E-state index is 10.3. The van der Waals surface area contributed by atoms with Gasteiger partial charge in [-0.15, -0.1) is 0 Å². The Morgan fingerprint density at radius 3 is 3.05 bits per heavy atom. The predicted octanol–water partition coefficient (Wildman–Crippen LogP) is 2.98. The number of ether oxygens (including phenoxy) is 1. The van der Waals surface area contributed by atoms with E-state index < -0.39 is 6.10 Å². The molecule has 0 bridgehead atoms. The fourth-order valence-corrected chi connectivity index (χ4v) is 3.04. The Balaban J connectivity index is 1.86. The van der Waals surface area contributed by atoms with Gasteiger partial charge in [-0.25, -0.2) is 0 Å². The molecule has 0 aliphatic carbocycles. The summed E-state index contributed by atoms with van der Waals surface area (Å²) in [7, 11) is 0. The minimum Gasteiger partial charge on any atom is -0.388 e. The second-order valence-electron chi connectivity index (χ2n) is 5.16. The van der Waals surface area contributed by atoms with Crippen molar-refractivity contribution in [3.63, 3.8) is 0 Å². The van der Waals surface area contributed by atoms with Crippen molar-refractivity contribution < 1.29 is 9.84 Å². The molecule has 1 heterocycles. The van der Waals surface area contributed by atoms with Gasteiger partial charge in [0.15, 0.2) is 0 Å². The summed E-state index contributed by atoms with van der Waals surface area (Å²) in [6.07, 6.45) is 1.73. The summed E-state index contributed by atoms with van der Waals surface area (Å²) in [5, 5.41) is 10.3. The molecule has 0 radical (unpaired) electrons. The molecule has 1 fully saturated rings. The average Bonchev–Trinajstić information content (AvgIpc) is 2.61. The molecule has 2 rings (SSSR count). The fourth-order valence-electron chi connectivity index (χ4n) is 2.49. The Bertz CT molecular complexity index is 399. The lowest BCUT2D eigenvalue weighted by atomic mass is 10.1. The Morgan fingerprint density at radius 2 is 2.26 bits per heavy atom. The first-order valence-electron chi connectivity index (χ1n) is 6.93. The number of hydrogen-bond donors (Lipinski definition) is 1. The molecule has 4 heteroatoms. The molecule has 1 aromatic carbocycles. The fraction of sp³-hybridized carbons (Fsp3) is 0.600. The van der Waals surface area contributed by atoms with E-state index in [-0.39, 0.29) is 0 Å². The minimum absolute atomic E-state index is 0.295. The quantitative estimate of drug-likeness (QED) is 0.922. The topological polar surface area (TPSA) is 32.7 Å². The van der Waals surface area contributed by atoms with Gasteiger partial charge in [0.2, 0.25) is 0 Å². The monoisotopic (exact) mass is 327 g/mol. The maximum atomic E-state index is 10.3. The Hall–Kier alpha value is -0.420. The summed E-state index contributed by atoms with van der Waals surface area (Å²) in [5.74, 6) is 0. The first-order valence-corrected chi connectivity index (χ1v) is 7.72. The molecule has 0 aromatic heterocycles. The van der Waals surface area contributed by atoms with E-state index in [9.17, 15) is 5.11 Å². The van der Waals surface area contributed by atoms with Crippen LogP contribution < -0.4 is 0 Å². The summed E-state index contributed by atoms with van der Waals surface area (Å²) in [4.78, 5) is 2.39. The molecular weight excluding hydrogens is 306 g/mol. The molecule has 1 aliphatic rings. The van der Waals surface area contributed by atoms with Crippen molar-refractivity contribution in [3.05, 3.63) is 34.3 Å². The highest BCUT2D eigenvalue weighted by molar-refractivity contribution is 9.10. The smallest absolute Gasteiger partial charge is 0.0813 e. The summed E-state index contributed by atoms with van der Waals surface area (Å²) in [6.45, 7) is 5.90. The summed E-state index contributed by atoms with van der Waals surface area (Å²) >= 11 is 3.49. The van der Waals surface area contributed by atoms with Crippen LogP contribution in [0.4, 0.5) is 0 Å². The number of aliphatic hydroxyl groups is 1. The Morgan fingerprint density at radius 1 is 1.47 bits per heavy atom. The third-order valence-electron chi connectivity index (χ3n) is 3.52. The molecule has 1 N–H and O–H groups in total. The van der Waals surface area contributed by atoms with E-state index in [4.69, 9.17) is 4.74 Å². The van der Waals surface area contributed by atoms with Crippen LogP contribution >= 0.6 is 15.9 Å². The number of aliphatic hydroxyl groups excluding tert-OH is 1. The van der Waals surface area contributed by atoms with Crippen molar-refractivity contribution in [1.82, 2.24) is 4.90 Å². The zero-order chi connectivity index (χ0) is 13.7. The highest BCUT2D eigenvalue weighted by Gasteiger charge is 2.17. The first kappa shape index (κ1) is 15.0. The van der Waals surface area contributed by atoms with Crippen LogP contribution in [0.2, 0.25) is 0 Å². The molecule has 19 heavy (non-hydrogen) atoms. The van der Waals surface area contributed by atoms with Crippen molar-refractivity contribution in [2.75, 3.05) is 26.2 Å². The van der Waals surface area contributed by atoms with E-state index >= 15 is 0 Å². The third-order valence-corrected chi connectivity index (χ3v) is 4.24. The molecule has 0 saturated carbocycles. The predicted molar refractivity (Wildman–Crippen MR) is 80.2 cm³/mol. The van der Waals surface area contributed by atoms with Gasteiger partial charge in [-0.1, -0.05) is 34.1 Å². The van der Waals surface area contributed by atoms with Gasteiger partial charge in [0, 0.05) is 30.7 Å². The number of nitrogens with zero attached hydrogens (tertiary/aromatic N) is 1. The van der Waals surface area contributed by atoms with Crippen LogP contribution in [0.25, 0.3) is 0 Å². The summed E-state index contributed by atoms with van der Waals surface area (Å²) < 4.78 is 6.61. The van der Waals surface area contributed by atoms with Crippen molar-refractivity contribution in [2.24, 2.45) is 0 Å². The van der Waals surface area contributed by atoms with Crippen LogP contribution in [-0.2, 0) is 4.74 Å². The standard InChI is InChI=1S/C15H22BrNO2/c1-12-11-17(8-4-10-19-12)9-7-15(18)13-5-2-3-6-14(13)16/h2-3,5-6,12,15,18H,4,7-11H2,1H3. The molecule has 2 atom stereocenters. The van der Waals surface area contributed by atoms with Crippen LogP contribution in [0.1, 0.15) is 31.4 Å². The molecule has 1 aromatic rings. The normalized spacial score (nSPS) is 23.0. The zero-order valence-electron chi connectivity index (χ0n) is 11.4. The largest absolute Gasteiger partial charge is 0.388 e. The molecule has 106 valence electrons. The molecule has 0 spiro atoms. The lowest BCUT2D eigenvalue weighted by Gasteiger charge is -2.23. The number of benzene rings is 1. The van der Waals surface area contributed by atoms with Gasteiger partial charge in [0.05, 0.1) is 12.2 Å². The Kier molecular flexibility index (Phi) is 5.82. The van der Waals surface area contributed by atoms with E-state index in [1.165, 1.54) is 0 Å². The van der Waals surface area contributed by atoms with Gasteiger partial charge in [-0.3, -0.25) is 0 Å². The minimum atomic E-state index is -0.407. The van der Waals surface area contributed by atoms with Gasteiger partial charge >= 0.3 is 0 Å². The van der Waals surface area contributed by atoms with Gasteiger partial charge in [0.1, 0.15) is 0 Å². The Labute approximate surface area is 123 Å². The highest BCUT2D eigenvalue weighted by Crippen LogP contribution is 2.25. The van der Waals surface area contributed by atoms with E-state index in [0.29, 0.717) is 6.10 Å². The third kappa shape index (κ3) is 4.56. The molecule has 1 saturated heterocycles. The lowest BCUT2D eigenvalue weighted by Crippen LogP contribution is -2.31. The summed E-state index contributed by atoms with van der Waals surface area (Å²) in [5.41, 5.74) is 0.974. The van der Waals surface area contributed by atoms with Crippen LogP contribution in [0.3, 0.4) is 0 Å². The van der Waals surface area contributed by atoms with E-state index in [2.05, 4.69) is 27.8 Å². The number of rotatable bonds is 4. The van der Waals surface area contributed by atoms with Gasteiger partial charge < -0.3 is 14.7 Å². The number of halogens is 1. The van der Waals surface area contributed by atoms with Crippen molar-refractivity contribution >= 4 is 15.9 Å². The zero-order valence-corrected chi connectivity index (χ0v) is 13.0. The molecule has 2 unspecified atom stereocenters. The number of hydrogen-bond acceptors (Lipinski definition) is 3. The summed E-state index contributed by atoms with van der Waals surface area (Å²) in [6, 6.07) is 7.88. The molecule has 1 aliphatic heterocycles. The molecular formula is C15H22BrNO2. The van der Waals surface area contributed by atoms with E-state index in [1.54, 1.807) is 0 Å². The first-order chi connectivity index (χ1) is 9.16. The van der Waals surface area contributed by atoms with Gasteiger partial charge in [0.25, 0.3) is 0 Å².